The van der Waals surface area contributed by atoms with Crippen LogP contribution < -0.4 is 5.32 Å². The summed E-state index contributed by atoms with van der Waals surface area (Å²) >= 11 is 7.80. The second kappa shape index (κ2) is 7.16. The normalized spacial score (nSPS) is 10.6. The lowest BCUT2D eigenvalue weighted by Crippen LogP contribution is -2.23. The quantitative estimate of drug-likeness (QED) is 0.713. The number of carbonyl (C=O) groups excluding carboxylic acids is 1. The fraction of sp³-hybridized carbons (Fsp3) is 0.158. The third-order valence-electron chi connectivity index (χ3n) is 3.80. The molecule has 0 saturated heterocycles. The number of hydrogen-bond acceptors (Lipinski definition) is 3. The van der Waals surface area contributed by atoms with Crippen molar-refractivity contribution < 1.29 is 4.79 Å². The van der Waals surface area contributed by atoms with Crippen molar-refractivity contribution in [3.8, 4) is 10.6 Å². The molecule has 2 aromatic carbocycles. The molecule has 5 heteroatoms. The fourth-order valence-electron chi connectivity index (χ4n) is 2.43. The van der Waals surface area contributed by atoms with Crippen LogP contribution in [0.3, 0.4) is 0 Å². The number of hydrogen-bond donors (Lipinski definition) is 1. The van der Waals surface area contributed by atoms with Crippen molar-refractivity contribution in [2.75, 3.05) is 0 Å². The van der Waals surface area contributed by atoms with Crippen LogP contribution in [0.15, 0.2) is 48.5 Å². The van der Waals surface area contributed by atoms with Crippen LogP contribution in [-0.4, -0.2) is 10.9 Å². The van der Waals surface area contributed by atoms with Gasteiger partial charge in [-0.2, -0.15) is 0 Å². The average molecular weight is 357 g/mol. The largest absolute Gasteiger partial charge is 0.347 e. The molecule has 0 aliphatic rings. The van der Waals surface area contributed by atoms with Crippen LogP contribution in [-0.2, 0) is 6.54 Å². The van der Waals surface area contributed by atoms with Crippen molar-refractivity contribution in [2.45, 2.75) is 20.4 Å². The summed E-state index contributed by atoms with van der Waals surface area (Å²) in [6, 6.07) is 15.2. The predicted molar refractivity (Wildman–Crippen MR) is 99.6 cm³/mol. The van der Waals surface area contributed by atoms with Crippen molar-refractivity contribution in [3.05, 3.63) is 75.3 Å². The molecule has 0 atom stereocenters. The van der Waals surface area contributed by atoms with Gasteiger partial charge in [-0.1, -0.05) is 48.0 Å². The van der Waals surface area contributed by atoms with Gasteiger partial charge in [-0.3, -0.25) is 4.79 Å². The number of amides is 1. The minimum absolute atomic E-state index is 0.0693. The molecule has 0 radical (unpaired) electrons. The Morgan fingerprint density at radius 3 is 2.58 bits per heavy atom. The van der Waals surface area contributed by atoms with Gasteiger partial charge in [-0.15, -0.1) is 11.3 Å². The van der Waals surface area contributed by atoms with Crippen LogP contribution in [0.5, 0.6) is 0 Å². The van der Waals surface area contributed by atoms with Crippen LogP contribution in [0.4, 0.5) is 0 Å². The van der Waals surface area contributed by atoms with E-state index in [0.29, 0.717) is 17.1 Å². The monoisotopic (exact) mass is 356 g/mol. The first-order valence-corrected chi connectivity index (χ1v) is 8.80. The SMILES string of the molecule is Cc1ccccc1C(=O)NCc1sc(-c2ccccc2Cl)nc1C. The van der Waals surface area contributed by atoms with Gasteiger partial charge in [-0.25, -0.2) is 4.98 Å². The Morgan fingerprint density at radius 2 is 1.83 bits per heavy atom. The predicted octanol–water partition coefficient (Wildman–Crippen LogP) is 5.01. The second-order valence-corrected chi connectivity index (χ2v) is 7.00. The first-order chi connectivity index (χ1) is 11.6. The van der Waals surface area contributed by atoms with E-state index >= 15 is 0 Å². The molecule has 1 heterocycles. The standard InChI is InChI=1S/C19H17ClN2OS/c1-12-7-3-4-8-14(12)18(23)21-11-17-13(2)22-19(24-17)15-9-5-6-10-16(15)20/h3-10H,11H2,1-2H3,(H,21,23). The fourth-order valence-corrected chi connectivity index (χ4v) is 3.75. The molecule has 0 aliphatic carbocycles. The minimum atomic E-state index is -0.0693. The highest BCUT2D eigenvalue weighted by Crippen LogP contribution is 2.32. The lowest BCUT2D eigenvalue weighted by atomic mass is 10.1. The van der Waals surface area contributed by atoms with Crippen molar-refractivity contribution in [1.82, 2.24) is 10.3 Å². The number of nitrogens with zero attached hydrogens (tertiary/aromatic N) is 1. The zero-order valence-corrected chi connectivity index (χ0v) is 15.0. The van der Waals surface area contributed by atoms with E-state index in [1.54, 1.807) is 11.3 Å². The maximum absolute atomic E-state index is 12.3. The Kier molecular flexibility index (Phi) is 4.97. The lowest BCUT2D eigenvalue weighted by molar-refractivity contribution is 0.0950. The van der Waals surface area contributed by atoms with Gasteiger partial charge < -0.3 is 5.32 Å². The van der Waals surface area contributed by atoms with E-state index < -0.39 is 0 Å². The molecular weight excluding hydrogens is 340 g/mol. The van der Waals surface area contributed by atoms with E-state index in [1.165, 1.54) is 0 Å². The van der Waals surface area contributed by atoms with Gasteiger partial charge in [-0.05, 0) is 31.5 Å². The molecule has 1 amide bonds. The van der Waals surface area contributed by atoms with E-state index in [2.05, 4.69) is 10.3 Å². The number of rotatable bonds is 4. The van der Waals surface area contributed by atoms with E-state index in [-0.39, 0.29) is 5.91 Å². The summed E-state index contributed by atoms with van der Waals surface area (Å²) in [7, 11) is 0. The maximum Gasteiger partial charge on any atom is 0.251 e. The molecule has 0 unspecified atom stereocenters. The topological polar surface area (TPSA) is 42.0 Å². The van der Waals surface area contributed by atoms with E-state index in [4.69, 9.17) is 11.6 Å². The highest BCUT2D eigenvalue weighted by molar-refractivity contribution is 7.15. The number of halogens is 1. The first kappa shape index (κ1) is 16.7. The minimum Gasteiger partial charge on any atom is -0.347 e. The molecule has 0 aliphatic heterocycles. The molecule has 0 fully saturated rings. The Hall–Kier alpha value is -2.17. The summed E-state index contributed by atoms with van der Waals surface area (Å²) in [4.78, 5) is 18.0. The van der Waals surface area contributed by atoms with Crippen LogP contribution in [0, 0.1) is 13.8 Å². The molecule has 122 valence electrons. The molecule has 3 rings (SSSR count). The van der Waals surface area contributed by atoms with Crippen LogP contribution in [0.25, 0.3) is 10.6 Å². The third kappa shape index (κ3) is 3.50. The van der Waals surface area contributed by atoms with E-state index in [1.807, 2.05) is 62.4 Å². The van der Waals surface area contributed by atoms with Gasteiger partial charge in [0.2, 0.25) is 0 Å². The number of aryl methyl sites for hydroxylation is 2. The van der Waals surface area contributed by atoms with Gasteiger partial charge in [0.1, 0.15) is 5.01 Å². The second-order valence-electron chi connectivity index (χ2n) is 5.51. The summed E-state index contributed by atoms with van der Waals surface area (Å²) in [6.45, 7) is 4.34. The summed E-state index contributed by atoms with van der Waals surface area (Å²) < 4.78 is 0. The summed E-state index contributed by atoms with van der Waals surface area (Å²) in [5.41, 5.74) is 3.50. The van der Waals surface area contributed by atoms with Gasteiger partial charge >= 0.3 is 0 Å². The average Bonchev–Trinajstić information content (AvgIpc) is 2.94. The van der Waals surface area contributed by atoms with Gasteiger partial charge in [0.25, 0.3) is 5.91 Å². The number of benzene rings is 2. The van der Waals surface area contributed by atoms with Crippen molar-refractivity contribution >= 4 is 28.8 Å². The lowest BCUT2D eigenvalue weighted by Gasteiger charge is -2.06. The number of thiazole rings is 1. The first-order valence-electron chi connectivity index (χ1n) is 7.61. The highest BCUT2D eigenvalue weighted by Gasteiger charge is 2.13. The molecule has 1 aromatic heterocycles. The molecule has 3 aromatic rings. The van der Waals surface area contributed by atoms with Crippen molar-refractivity contribution in [3.63, 3.8) is 0 Å². The van der Waals surface area contributed by atoms with Crippen LogP contribution in [0.1, 0.15) is 26.5 Å². The summed E-state index contributed by atoms with van der Waals surface area (Å²) in [5, 5.41) is 4.53. The zero-order chi connectivity index (χ0) is 17.1. The van der Waals surface area contributed by atoms with Crippen molar-refractivity contribution in [1.29, 1.82) is 0 Å². The molecular formula is C19H17ClN2OS. The Morgan fingerprint density at radius 1 is 1.12 bits per heavy atom. The molecule has 0 bridgehead atoms. The van der Waals surface area contributed by atoms with E-state index in [0.717, 1.165) is 26.7 Å². The summed E-state index contributed by atoms with van der Waals surface area (Å²) in [6.07, 6.45) is 0. The van der Waals surface area contributed by atoms with Crippen LogP contribution >= 0.6 is 22.9 Å². The number of carbonyl (C=O) groups is 1. The summed E-state index contributed by atoms with van der Waals surface area (Å²) in [5.74, 6) is -0.0693. The van der Waals surface area contributed by atoms with E-state index in [9.17, 15) is 4.79 Å². The number of aromatic nitrogens is 1. The Bertz CT molecular complexity index is 889. The third-order valence-corrected chi connectivity index (χ3v) is 5.32. The molecule has 3 nitrogen and oxygen atoms in total. The molecule has 0 spiro atoms. The van der Waals surface area contributed by atoms with Crippen molar-refractivity contribution in [2.24, 2.45) is 0 Å². The van der Waals surface area contributed by atoms with Gasteiger partial charge in [0.15, 0.2) is 0 Å². The smallest absolute Gasteiger partial charge is 0.251 e. The van der Waals surface area contributed by atoms with Crippen LogP contribution in [0.2, 0.25) is 5.02 Å². The Balaban J connectivity index is 1.76. The Labute approximate surface area is 150 Å². The zero-order valence-electron chi connectivity index (χ0n) is 13.5. The maximum atomic E-state index is 12.3. The van der Waals surface area contributed by atoms with Gasteiger partial charge in [0, 0.05) is 16.0 Å². The molecule has 1 N–H and O–H groups in total. The van der Waals surface area contributed by atoms with Gasteiger partial charge in [0.05, 0.1) is 17.3 Å². The number of nitrogens with one attached hydrogen (secondary N) is 1. The molecule has 24 heavy (non-hydrogen) atoms. The molecule has 0 saturated carbocycles. The highest BCUT2D eigenvalue weighted by atomic mass is 35.5.